The summed E-state index contributed by atoms with van der Waals surface area (Å²) < 4.78 is 16.1. The quantitative estimate of drug-likeness (QED) is 0.266. The number of aromatic nitrogens is 2. The molecule has 0 atom stereocenters. The minimum atomic E-state index is -0.238. The summed E-state index contributed by atoms with van der Waals surface area (Å²) in [6.07, 6.45) is 2.03. The molecule has 0 saturated carbocycles. The molecular weight excluding hydrogens is 542 g/mol. The molecule has 2 N–H and O–H groups in total. The summed E-state index contributed by atoms with van der Waals surface area (Å²) in [6, 6.07) is 16.7. The zero-order valence-corrected chi connectivity index (χ0v) is 23.9. The number of nitrogens with one attached hydrogen (secondary N) is 2. The predicted molar refractivity (Wildman–Crippen MR) is 156 cm³/mol. The first-order valence-corrected chi connectivity index (χ1v) is 14.4. The van der Waals surface area contributed by atoms with Crippen molar-refractivity contribution < 1.29 is 23.6 Å². The van der Waals surface area contributed by atoms with E-state index in [1.165, 1.54) is 0 Å². The Morgan fingerprint density at radius 3 is 2.61 bits per heavy atom. The number of anilines is 1. The molecule has 10 nitrogen and oxygen atoms in total. The van der Waals surface area contributed by atoms with Crippen LogP contribution in [0, 0.1) is 5.92 Å². The van der Waals surface area contributed by atoms with Gasteiger partial charge < -0.3 is 24.6 Å². The lowest BCUT2D eigenvalue weighted by Gasteiger charge is -2.30. The summed E-state index contributed by atoms with van der Waals surface area (Å²) in [5, 5.41) is 12.0. The summed E-state index contributed by atoms with van der Waals surface area (Å²) >= 11 is 1.57. The SMILES string of the molecule is COc1ccc(CCNC(=O)c2ccccc2NC(=O)C2CCN(Cc3nc(-c4cccs4)no3)CC2)cc1OC. The highest BCUT2D eigenvalue weighted by Crippen LogP contribution is 2.28. The summed E-state index contributed by atoms with van der Waals surface area (Å²) in [6.45, 7) is 2.48. The van der Waals surface area contributed by atoms with Crippen molar-refractivity contribution in [2.75, 3.05) is 39.2 Å². The van der Waals surface area contributed by atoms with Gasteiger partial charge in [-0.25, -0.2) is 0 Å². The Kier molecular flexibility index (Phi) is 9.27. The molecule has 1 saturated heterocycles. The van der Waals surface area contributed by atoms with Crippen LogP contribution in [0.25, 0.3) is 10.7 Å². The molecule has 0 radical (unpaired) electrons. The molecule has 5 rings (SSSR count). The molecule has 1 aliphatic rings. The molecule has 41 heavy (non-hydrogen) atoms. The van der Waals surface area contributed by atoms with Gasteiger partial charge in [0.05, 0.1) is 36.9 Å². The van der Waals surface area contributed by atoms with Crippen LogP contribution in [0.4, 0.5) is 5.69 Å². The number of carbonyl (C=O) groups is 2. The second-order valence-corrected chi connectivity index (χ2v) is 10.7. The number of amides is 2. The number of rotatable bonds is 11. The predicted octanol–water partition coefficient (Wildman–Crippen LogP) is 4.64. The average Bonchev–Trinajstić information content (AvgIpc) is 3.70. The number of likely N-dealkylation sites (tertiary alicyclic amines) is 1. The summed E-state index contributed by atoms with van der Waals surface area (Å²) in [5.74, 6) is 2.02. The summed E-state index contributed by atoms with van der Waals surface area (Å²) in [4.78, 5) is 33.8. The van der Waals surface area contributed by atoms with Gasteiger partial charge in [0, 0.05) is 12.5 Å². The lowest BCUT2D eigenvalue weighted by atomic mass is 9.95. The Labute approximate surface area is 242 Å². The molecule has 11 heteroatoms. The van der Waals surface area contributed by atoms with E-state index in [1.807, 2.05) is 41.8 Å². The van der Waals surface area contributed by atoms with Crippen LogP contribution in [0.2, 0.25) is 0 Å². The second kappa shape index (κ2) is 13.4. The number of para-hydroxylation sites is 1. The normalized spacial score (nSPS) is 14.0. The van der Waals surface area contributed by atoms with Crippen LogP contribution in [0.5, 0.6) is 11.5 Å². The molecular formula is C30H33N5O5S. The van der Waals surface area contributed by atoms with Gasteiger partial charge in [0.1, 0.15) is 0 Å². The third-order valence-corrected chi connectivity index (χ3v) is 7.97. The van der Waals surface area contributed by atoms with Gasteiger partial charge in [-0.2, -0.15) is 4.98 Å². The maximum Gasteiger partial charge on any atom is 0.253 e. The van der Waals surface area contributed by atoms with Gasteiger partial charge in [-0.05, 0) is 73.6 Å². The van der Waals surface area contributed by atoms with Gasteiger partial charge in [0.2, 0.25) is 17.6 Å². The molecule has 2 aromatic carbocycles. The van der Waals surface area contributed by atoms with E-state index in [-0.39, 0.29) is 17.7 Å². The fourth-order valence-electron chi connectivity index (χ4n) is 4.85. The van der Waals surface area contributed by atoms with Gasteiger partial charge in [0.15, 0.2) is 11.5 Å². The molecule has 1 aliphatic heterocycles. The first kappa shape index (κ1) is 28.3. The van der Waals surface area contributed by atoms with Crippen LogP contribution >= 0.6 is 11.3 Å². The van der Waals surface area contributed by atoms with Crippen LogP contribution in [-0.4, -0.2) is 60.7 Å². The number of ether oxygens (including phenoxy) is 2. The molecule has 0 unspecified atom stereocenters. The van der Waals surface area contributed by atoms with Crippen molar-refractivity contribution in [2.24, 2.45) is 5.92 Å². The topological polar surface area (TPSA) is 119 Å². The highest BCUT2D eigenvalue weighted by atomic mass is 32.1. The zero-order chi connectivity index (χ0) is 28.6. The van der Waals surface area contributed by atoms with Gasteiger partial charge in [0.25, 0.3) is 5.91 Å². The van der Waals surface area contributed by atoms with Crippen molar-refractivity contribution in [3.05, 3.63) is 77.0 Å². The van der Waals surface area contributed by atoms with Crippen LogP contribution in [0.3, 0.4) is 0 Å². The Morgan fingerprint density at radius 2 is 1.85 bits per heavy atom. The van der Waals surface area contributed by atoms with E-state index in [2.05, 4.69) is 25.7 Å². The van der Waals surface area contributed by atoms with E-state index < -0.39 is 0 Å². The number of nitrogens with zero attached hydrogens (tertiary/aromatic N) is 3. The first-order chi connectivity index (χ1) is 20.0. The first-order valence-electron chi connectivity index (χ1n) is 13.5. The average molecular weight is 576 g/mol. The maximum atomic E-state index is 13.1. The number of carbonyl (C=O) groups excluding carboxylic acids is 2. The molecule has 0 aliphatic carbocycles. The van der Waals surface area contributed by atoms with Gasteiger partial charge >= 0.3 is 0 Å². The number of thiophene rings is 1. The summed E-state index contributed by atoms with van der Waals surface area (Å²) in [5.41, 5.74) is 1.96. The highest BCUT2D eigenvalue weighted by molar-refractivity contribution is 7.13. The van der Waals surface area contributed by atoms with Gasteiger partial charge in [-0.15, -0.1) is 11.3 Å². The molecule has 0 bridgehead atoms. The molecule has 2 amide bonds. The third kappa shape index (κ3) is 7.11. The van der Waals surface area contributed by atoms with Crippen molar-refractivity contribution in [1.29, 1.82) is 0 Å². The molecule has 4 aromatic rings. The minimum Gasteiger partial charge on any atom is -0.493 e. The second-order valence-electron chi connectivity index (χ2n) is 9.77. The van der Waals surface area contributed by atoms with E-state index in [0.717, 1.165) is 23.5 Å². The van der Waals surface area contributed by atoms with Crippen LogP contribution in [0.15, 0.2) is 64.5 Å². The Morgan fingerprint density at radius 1 is 1.05 bits per heavy atom. The Balaban J connectivity index is 1.10. The van der Waals surface area contributed by atoms with Crippen molar-refractivity contribution in [1.82, 2.24) is 20.4 Å². The van der Waals surface area contributed by atoms with Crippen LogP contribution in [0.1, 0.15) is 34.7 Å². The van der Waals surface area contributed by atoms with E-state index in [1.54, 1.807) is 43.8 Å². The van der Waals surface area contributed by atoms with E-state index >= 15 is 0 Å². The molecule has 0 spiro atoms. The molecule has 3 heterocycles. The monoisotopic (exact) mass is 575 g/mol. The van der Waals surface area contributed by atoms with Crippen molar-refractivity contribution >= 4 is 28.8 Å². The van der Waals surface area contributed by atoms with Gasteiger partial charge in [-0.3, -0.25) is 14.5 Å². The van der Waals surface area contributed by atoms with Crippen molar-refractivity contribution in [3.8, 4) is 22.2 Å². The minimum absolute atomic E-state index is 0.0759. The standard InChI is InChI=1S/C30H33N5O5S/c1-38-24-10-9-20(18-25(24)39-2)11-14-31-30(37)22-6-3-4-7-23(22)32-29(36)21-12-15-35(16-13-21)19-27-33-28(34-40-27)26-8-5-17-41-26/h3-10,17-18,21H,11-16,19H2,1-2H3,(H,31,37)(H,32,36). The Bertz CT molecular complexity index is 1460. The number of benzene rings is 2. The fourth-order valence-corrected chi connectivity index (χ4v) is 5.50. The number of hydrogen-bond donors (Lipinski definition) is 2. The zero-order valence-electron chi connectivity index (χ0n) is 23.1. The van der Waals surface area contributed by atoms with E-state index in [9.17, 15) is 9.59 Å². The smallest absolute Gasteiger partial charge is 0.253 e. The number of hydrogen-bond acceptors (Lipinski definition) is 9. The number of piperidine rings is 1. The Hall–Kier alpha value is -4.22. The summed E-state index contributed by atoms with van der Waals surface area (Å²) in [7, 11) is 3.19. The van der Waals surface area contributed by atoms with Crippen molar-refractivity contribution in [2.45, 2.75) is 25.8 Å². The maximum absolute atomic E-state index is 13.1. The lowest BCUT2D eigenvalue weighted by Crippen LogP contribution is -2.38. The van der Waals surface area contributed by atoms with Crippen LogP contribution in [-0.2, 0) is 17.8 Å². The van der Waals surface area contributed by atoms with Crippen LogP contribution < -0.4 is 20.1 Å². The molecule has 2 aromatic heterocycles. The van der Waals surface area contributed by atoms with Crippen molar-refractivity contribution in [3.63, 3.8) is 0 Å². The molecule has 214 valence electrons. The fraction of sp³-hybridized carbons (Fsp3) is 0.333. The third-order valence-electron chi connectivity index (χ3n) is 7.10. The molecule has 1 fully saturated rings. The van der Waals surface area contributed by atoms with Gasteiger partial charge in [-0.1, -0.05) is 29.4 Å². The number of methoxy groups -OCH3 is 2. The lowest BCUT2D eigenvalue weighted by molar-refractivity contribution is -0.121. The van der Waals surface area contributed by atoms with E-state index in [4.69, 9.17) is 14.0 Å². The van der Waals surface area contributed by atoms with E-state index in [0.29, 0.717) is 66.8 Å². The highest BCUT2D eigenvalue weighted by Gasteiger charge is 2.27. The largest absolute Gasteiger partial charge is 0.493 e.